The molecule has 0 aliphatic heterocycles. The molecule has 0 amide bonds. The van der Waals surface area contributed by atoms with Crippen LogP contribution in [0.25, 0.3) is 0 Å². The molecule has 1 heterocycles. The summed E-state index contributed by atoms with van der Waals surface area (Å²) in [6, 6.07) is 5.26. The Bertz CT molecular complexity index is 646. The molecule has 2 rings (SSSR count). The van der Waals surface area contributed by atoms with Crippen molar-refractivity contribution in [2.75, 3.05) is 0 Å². The van der Waals surface area contributed by atoms with Gasteiger partial charge in [0.2, 0.25) is 0 Å². The molecule has 3 N–H and O–H groups in total. The minimum absolute atomic E-state index is 0.158. The molecule has 3 nitrogen and oxygen atoms in total. The Labute approximate surface area is 126 Å². The Hall–Kier alpha value is -1.51. The van der Waals surface area contributed by atoms with Crippen molar-refractivity contribution in [2.24, 2.45) is 5.84 Å². The molecule has 0 saturated heterocycles. The first-order valence-electron chi connectivity index (χ1n) is 5.77. The number of hydrogen-bond acceptors (Lipinski definition) is 3. The summed E-state index contributed by atoms with van der Waals surface area (Å²) in [5.74, 6) is 4.09. The zero-order valence-corrected chi connectivity index (χ0v) is 12.0. The number of hydrogen-bond donors (Lipinski definition) is 2. The highest BCUT2D eigenvalue weighted by atomic mass is 79.9. The van der Waals surface area contributed by atoms with Crippen molar-refractivity contribution in [3.8, 4) is 0 Å². The second kappa shape index (κ2) is 6.08. The van der Waals surface area contributed by atoms with Crippen LogP contribution in [-0.2, 0) is 6.18 Å². The Kier molecular flexibility index (Phi) is 4.60. The SMILES string of the molecule is NNC(c1ccc(F)c(C(F)(F)F)c1)c1ncccc1Br. The predicted molar refractivity (Wildman–Crippen MR) is 72.5 cm³/mol. The van der Waals surface area contributed by atoms with E-state index in [-0.39, 0.29) is 5.56 Å². The summed E-state index contributed by atoms with van der Waals surface area (Å²) in [5.41, 5.74) is 1.61. The van der Waals surface area contributed by atoms with E-state index in [1.165, 1.54) is 12.3 Å². The van der Waals surface area contributed by atoms with Gasteiger partial charge in [-0.25, -0.2) is 9.82 Å². The quantitative estimate of drug-likeness (QED) is 0.498. The number of nitrogens with zero attached hydrogens (tertiary/aromatic N) is 1. The fourth-order valence-corrected chi connectivity index (χ4v) is 2.37. The number of benzene rings is 1. The van der Waals surface area contributed by atoms with Gasteiger partial charge in [0.25, 0.3) is 0 Å². The van der Waals surface area contributed by atoms with Crippen molar-refractivity contribution < 1.29 is 17.6 Å². The van der Waals surface area contributed by atoms with Gasteiger partial charge in [-0.15, -0.1) is 0 Å². The molecule has 0 saturated carbocycles. The van der Waals surface area contributed by atoms with Crippen molar-refractivity contribution in [2.45, 2.75) is 12.2 Å². The van der Waals surface area contributed by atoms with Crippen LogP contribution in [0.5, 0.6) is 0 Å². The van der Waals surface area contributed by atoms with E-state index in [0.29, 0.717) is 10.2 Å². The van der Waals surface area contributed by atoms with E-state index >= 15 is 0 Å². The summed E-state index contributed by atoms with van der Waals surface area (Å²) < 4.78 is 52.2. The average molecular weight is 364 g/mol. The van der Waals surface area contributed by atoms with Gasteiger partial charge >= 0.3 is 6.18 Å². The van der Waals surface area contributed by atoms with Gasteiger partial charge in [0, 0.05) is 10.7 Å². The van der Waals surface area contributed by atoms with E-state index < -0.39 is 23.6 Å². The van der Waals surface area contributed by atoms with Crippen molar-refractivity contribution in [1.82, 2.24) is 10.4 Å². The Morgan fingerprint density at radius 2 is 1.95 bits per heavy atom. The third-order valence-electron chi connectivity index (χ3n) is 2.86. The molecule has 1 atom stereocenters. The van der Waals surface area contributed by atoms with Gasteiger partial charge in [0.1, 0.15) is 5.82 Å². The van der Waals surface area contributed by atoms with E-state index in [0.717, 1.165) is 12.1 Å². The van der Waals surface area contributed by atoms with Crippen molar-refractivity contribution >= 4 is 15.9 Å². The molecule has 21 heavy (non-hydrogen) atoms. The van der Waals surface area contributed by atoms with Crippen LogP contribution in [0.4, 0.5) is 17.6 Å². The van der Waals surface area contributed by atoms with Crippen LogP contribution < -0.4 is 11.3 Å². The molecular weight excluding hydrogens is 354 g/mol. The molecule has 0 bridgehead atoms. The average Bonchev–Trinajstić information content (AvgIpc) is 2.42. The Balaban J connectivity index is 2.52. The molecule has 8 heteroatoms. The van der Waals surface area contributed by atoms with Crippen LogP contribution in [0, 0.1) is 5.82 Å². The van der Waals surface area contributed by atoms with E-state index in [1.54, 1.807) is 12.1 Å². The molecule has 0 radical (unpaired) electrons. The molecule has 0 aliphatic rings. The van der Waals surface area contributed by atoms with E-state index in [4.69, 9.17) is 5.84 Å². The summed E-state index contributed by atoms with van der Waals surface area (Å²) in [7, 11) is 0. The van der Waals surface area contributed by atoms with Gasteiger partial charge in [-0.3, -0.25) is 10.8 Å². The zero-order chi connectivity index (χ0) is 15.6. The first kappa shape index (κ1) is 15.9. The van der Waals surface area contributed by atoms with Gasteiger partial charge in [-0.2, -0.15) is 13.2 Å². The van der Waals surface area contributed by atoms with Crippen LogP contribution in [0.15, 0.2) is 41.0 Å². The summed E-state index contributed by atoms with van der Waals surface area (Å²) >= 11 is 3.25. The minimum Gasteiger partial charge on any atom is -0.271 e. The van der Waals surface area contributed by atoms with Gasteiger partial charge < -0.3 is 0 Å². The molecular formula is C13H10BrF4N3. The molecule has 1 aromatic carbocycles. The zero-order valence-electron chi connectivity index (χ0n) is 10.5. The highest BCUT2D eigenvalue weighted by Crippen LogP contribution is 2.34. The van der Waals surface area contributed by atoms with Crippen LogP contribution >= 0.6 is 15.9 Å². The van der Waals surface area contributed by atoms with E-state index in [2.05, 4.69) is 26.3 Å². The topological polar surface area (TPSA) is 50.9 Å². The number of hydrazine groups is 1. The summed E-state index contributed by atoms with van der Waals surface area (Å²) in [5, 5.41) is 0. The van der Waals surface area contributed by atoms with Gasteiger partial charge in [0.05, 0.1) is 17.3 Å². The second-order valence-electron chi connectivity index (χ2n) is 4.21. The third kappa shape index (κ3) is 3.39. The lowest BCUT2D eigenvalue weighted by atomic mass is 10.0. The maximum Gasteiger partial charge on any atom is 0.419 e. The largest absolute Gasteiger partial charge is 0.419 e. The Morgan fingerprint density at radius 3 is 2.52 bits per heavy atom. The number of pyridine rings is 1. The van der Waals surface area contributed by atoms with Crippen LogP contribution in [0.2, 0.25) is 0 Å². The fourth-order valence-electron chi connectivity index (χ4n) is 1.88. The van der Waals surface area contributed by atoms with Crippen molar-refractivity contribution in [3.05, 3.63) is 63.6 Å². The lowest BCUT2D eigenvalue weighted by Gasteiger charge is -2.19. The van der Waals surface area contributed by atoms with Crippen LogP contribution in [0.1, 0.15) is 22.9 Å². The van der Waals surface area contributed by atoms with Crippen molar-refractivity contribution in [1.29, 1.82) is 0 Å². The Morgan fingerprint density at radius 1 is 1.24 bits per heavy atom. The third-order valence-corrected chi connectivity index (χ3v) is 3.53. The monoisotopic (exact) mass is 363 g/mol. The lowest BCUT2D eigenvalue weighted by Crippen LogP contribution is -2.30. The second-order valence-corrected chi connectivity index (χ2v) is 5.06. The van der Waals surface area contributed by atoms with E-state index in [9.17, 15) is 17.6 Å². The summed E-state index contributed by atoms with van der Waals surface area (Å²) in [6.07, 6.45) is -3.29. The maximum atomic E-state index is 13.3. The lowest BCUT2D eigenvalue weighted by molar-refractivity contribution is -0.140. The number of alkyl halides is 3. The van der Waals surface area contributed by atoms with Crippen LogP contribution in [0.3, 0.4) is 0 Å². The van der Waals surface area contributed by atoms with Gasteiger partial charge in [0.15, 0.2) is 0 Å². The molecule has 1 aromatic heterocycles. The molecule has 0 aliphatic carbocycles. The summed E-state index contributed by atoms with van der Waals surface area (Å²) in [6.45, 7) is 0. The highest BCUT2D eigenvalue weighted by molar-refractivity contribution is 9.10. The number of halogens is 5. The normalized spacial score (nSPS) is 13.2. The first-order chi connectivity index (χ1) is 9.84. The number of aromatic nitrogens is 1. The number of rotatable bonds is 3. The van der Waals surface area contributed by atoms with Gasteiger partial charge in [-0.05, 0) is 45.8 Å². The predicted octanol–water partition coefficient (Wildman–Crippen LogP) is 3.55. The molecule has 2 aromatic rings. The molecule has 0 spiro atoms. The van der Waals surface area contributed by atoms with Crippen LogP contribution in [-0.4, -0.2) is 4.98 Å². The number of nitrogens with one attached hydrogen (secondary N) is 1. The maximum absolute atomic E-state index is 13.3. The van der Waals surface area contributed by atoms with Crippen molar-refractivity contribution in [3.63, 3.8) is 0 Å². The summed E-state index contributed by atoms with van der Waals surface area (Å²) in [4.78, 5) is 4.08. The highest BCUT2D eigenvalue weighted by Gasteiger charge is 2.35. The van der Waals surface area contributed by atoms with Gasteiger partial charge in [-0.1, -0.05) is 6.07 Å². The minimum atomic E-state index is -4.78. The first-order valence-corrected chi connectivity index (χ1v) is 6.57. The van der Waals surface area contributed by atoms with E-state index in [1.807, 2.05) is 0 Å². The standard InChI is InChI=1S/C13H10BrF4N3/c14-9-2-1-5-20-12(9)11(21-19)7-3-4-10(15)8(6-7)13(16,17)18/h1-6,11,21H,19H2. The fraction of sp³-hybridized carbons (Fsp3) is 0.154. The molecule has 1 unspecified atom stereocenters. The number of nitrogens with two attached hydrogens (primary N) is 1. The molecule has 112 valence electrons. The smallest absolute Gasteiger partial charge is 0.271 e. The molecule has 0 fully saturated rings.